The molecule has 0 aliphatic carbocycles. The maximum atomic E-state index is 6.10. The smallest absolute Gasteiger partial charge is 0.0758 e. The lowest BCUT2D eigenvalue weighted by molar-refractivity contribution is -0.0115. The Bertz CT molecular complexity index is 417. The lowest BCUT2D eigenvalue weighted by Crippen LogP contribution is -2.34. The van der Waals surface area contributed by atoms with E-state index in [9.17, 15) is 0 Å². The lowest BCUT2D eigenvalue weighted by Gasteiger charge is -2.29. The molecule has 3 nitrogen and oxygen atoms in total. The molecule has 0 spiro atoms. The van der Waals surface area contributed by atoms with Crippen molar-refractivity contribution in [3.8, 4) is 0 Å². The van der Waals surface area contributed by atoms with Gasteiger partial charge in [0.1, 0.15) is 0 Å². The fraction of sp³-hybridized carbons (Fsp3) is 0.625. The number of hydrogen-bond acceptors (Lipinski definition) is 3. The Morgan fingerprint density at radius 3 is 2.68 bits per heavy atom. The molecule has 2 N–H and O–H groups in total. The highest BCUT2D eigenvalue weighted by atomic mass is 16.5. The molecule has 2 rings (SSSR count). The first-order valence-corrected chi connectivity index (χ1v) is 7.29. The van der Waals surface area contributed by atoms with E-state index in [1.807, 2.05) is 18.2 Å². The van der Waals surface area contributed by atoms with E-state index in [2.05, 4.69) is 31.7 Å². The van der Waals surface area contributed by atoms with Crippen LogP contribution >= 0.6 is 0 Å². The molecule has 1 heterocycles. The van der Waals surface area contributed by atoms with Crippen molar-refractivity contribution in [2.75, 3.05) is 23.7 Å². The maximum absolute atomic E-state index is 6.10. The predicted octanol–water partition coefficient (Wildman–Crippen LogP) is 3.44. The normalized spacial score (nSPS) is 21.5. The Balaban J connectivity index is 2.07. The number of rotatable bonds is 5. The minimum absolute atomic E-state index is 0.0325. The number of benzene rings is 1. The lowest BCUT2D eigenvalue weighted by atomic mass is 10.1. The van der Waals surface area contributed by atoms with Crippen LogP contribution < -0.4 is 10.6 Å². The van der Waals surface area contributed by atoms with Gasteiger partial charge in [0, 0.05) is 13.1 Å². The molecule has 1 unspecified atom stereocenters. The SMILES string of the molecule is CCCN(CC1CCC(C)(C)O1)c1ccccc1N. The van der Waals surface area contributed by atoms with Crippen molar-refractivity contribution in [3.63, 3.8) is 0 Å². The Hall–Kier alpha value is -1.22. The fourth-order valence-electron chi connectivity index (χ4n) is 2.81. The van der Waals surface area contributed by atoms with Crippen LogP contribution in [0.1, 0.15) is 40.0 Å². The van der Waals surface area contributed by atoms with E-state index in [1.165, 1.54) is 0 Å². The first-order chi connectivity index (χ1) is 9.02. The third kappa shape index (κ3) is 3.63. The van der Waals surface area contributed by atoms with Crippen molar-refractivity contribution < 1.29 is 4.74 Å². The van der Waals surface area contributed by atoms with Gasteiger partial charge in [-0.2, -0.15) is 0 Å². The molecule has 0 bridgehead atoms. The van der Waals surface area contributed by atoms with Crippen LogP contribution in [0.5, 0.6) is 0 Å². The zero-order chi connectivity index (χ0) is 13.9. The largest absolute Gasteiger partial charge is 0.397 e. The summed E-state index contributed by atoms with van der Waals surface area (Å²) in [5, 5.41) is 0. The molecule has 1 saturated heterocycles. The van der Waals surface area contributed by atoms with E-state index in [0.717, 1.165) is 43.7 Å². The molecule has 0 saturated carbocycles. The third-order valence-corrected chi connectivity index (χ3v) is 3.75. The van der Waals surface area contributed by atoms with Gasteiger partial charge in [0.25, 0.3) is 0 Å². The second-order valence-electron chi connectivity index (χ2n) is 6.04. The summed E-state index contributed by atoms with van der Waals surface area (Å²) in [4.78, 5) is 2.36. The summed E-state index contributed by atoms with van der Waals surface area (Å²) in [5.41, 5.74) is 8.12. The van der Waals surface area contributed by atoms with Crippen LogP contribution in [0.4, 0.5) is 11.4 Å². The number of nitrogens with two attached hydrogens (primary N) is 1. The predicted molar refractivity (Wildman–Crippen MR) is 81.5 cm³/mol. The van der Waals surface area contributed by atoms with Gasteiger partial charge >= 0.3 is 0 Å². The second-order valence-corrected chi connectivity index (χ2v) is 6.04. The Morgan fingerprint density at radius 2 is 2.11 bits per heavy atom. The van der Waals surface area contributed by atoms with Gasteiger partial charge in [-0.15, -0.1) is 0 Å². The minimum Gasteiger partial charge on any atom is -0.397 e. The van der Waals surface area contributed by atoms with E-state index >= 15 is 0 Å². The number of hydrogen-bond donors (Lipinski definition) is 1. The summed E-state index contributed by atoms with van der Waals surface area (Å²) in [6, 6.07) is 8.11. The van der Waals surface area contributed by atoms with Crippen LogP contribution in [0, 0.1) is 0 Å². The van der Waals surface area contributed by atoms with Gasteiger partial charge < -0.3 is 15.4 Å². The zero-order valence-corrected chi connectivity index (χ0v) is 12.4. The maximum Gasteiger partial charge on any atom is 0.0758 e. The van der Waals surface area contributed by atoms with Crippen LogP contribution in [0.3, 0.4) is 0 Å². The van der Waals surface area contributed by atoms with Crippen molar-refractivity contribution in [3.05, 3.63) is 24.3 Å². The van der Waals surface area contributed by atoms with Crippen molar-refractivity contribution in [2.45, 2.75) is 51.7 Å². The zero-order valence-electron chi connectivity index (χ0n) is 12.4. The van der Waals surface area contributed by atoms with E-state index in [0.29, 0.717) is 6.10 Å². The molecule has 0 amide bonds. The molecule has 1 aliphatic rings. The van der Waals surface area contributed by atoms with Crippen LogP contribution in [0.15, 0.2) is 24.3 Å². The van der Waals surface area contributed by atoms with Gasteiger partial charge in [-0.05, 0) is 45.2 Å². The van der Waals surface area contributed by atoms with Crippen LogP contribution in [-0.2, 0) is 4.74 Å². The molecule has 19 heavy (non-hydrogen) atoms. The Labute approximate surface area is 116 Å². The third-order valence-electron chi connectivity index (χ3n) is 3.75. The van der Waals surface area contributed by atoms with Crippen LogP contribution in [0.25, 0.3) is 0 Å². The summed E-state index contributed by atoms with van der Waals surface area (Å²) < 4.78 is 6.10. The Morgan fingerprint density at radius 1 is 1.37 bits per heavy atom. The van der Waals surface area contributed by atoms with E-state index in [1.54, 1.807) is 0 Å². The summed E-state index contributed by atoms with van der Waals surface area (Å²) in [6.07, 6.45) is 3.72. The molecule has 0 aromatic heterocycles. The van der Waals surface area contributed by atoms with Gasteiger partial charge in [0.2, 0.25) is 0 Å². The molecule has 1 fully saturated rings. The molecule has 3 heteroatoms. The molecule has 1 aromatic rings. The van der Waals surface area contributed by atoms with Gasteiger partial charge in [0.05, 0.1) is 23.1 Å². The van der Waals surface area contributed by atoms with E-state index in [4.69, 9.17) is 10.5 Å². The number of nitrogens with zero attached hydrogens (tertiary/aromatic N) is 1. The molecular formula is C16H26N2O. The van der Waals surface area contributed by atoms with Gasteiger partial charge in [-0.3, -0.25) is 0 Å². The van der Waals surface area contributed by atoms with Crippen LogP contribution in [-0.4, -0.2) is 24.8 Å². The number of para-hydroxylation sites is 2. The van der Waals surface area contributed by atoms with E-state index < -0.39 is 0 Å². The monoisotopic (exact) mass is 262 g/mol. The summed E-state index contributed by atoms with van der Waals surface area (Å²) >= 11 is 0. The first-order valence-electron chi connectivity index (χ1n) is 7.29. The second kappa shape index (κ2) is 5.83. The van der Waals surface area contributed by atoms with Crippen LogP contribution in [0.2, 0.25) is 0 Å². The van der Waals surface area contributed by atoms with Crippen molar-refractivity contribution in [1.82, 2.24) is 0 Å². The molecule has 106 valence electrons. The average molecular weight is 262 g/mol. The number of nitrogen functional groups attached to an aromatic ring is 1. The Kier molecular flexibility index (Phi) is 4.35. The summed E-state index contributed by atoms with van der Waals surface area (Å²) in [7, 11) is 0. The minimum atomic E-state index is 0.0325. The standard InChI is InChI=1S/C16H26N2O/c1-4-11-18(15-8-6-5-7-14(15)17)12-13-9-10-16(2,3)19-13/h5-8,13H,4,9-12,17H2,1-3H3. The van der Waals surface area contributed by atoms with Crippen molar-refractivity contribution in [2.24, 2.45) is 0 Å². The molecule has 0 radical (unpaired) electrons. The summed E-state index contributed by atoms with van der Waals surface area (Å²) in [6.45, 7) is 8.51. The molecule has 1 aliphatic heterocycles. The average Bonchev–Trinajstić information content (AvgIpc) is 2.69. The number of anilines is 2. The van der Waals surface area contributed by atoms with Gasteiger partial charge in [-0.1, -0.05) is 19.1 Å². The topological polar surface area (TPSA) is 38.5 Å². The summed E-state index contributed by atoms with van der Waals surface area (Å²) in [5.74, 6) is 0. The molecule has 1 atom stereocenters. The van der Waals surface area contributed by atoms with Crippen molar-refractivity contribution in [1.29, 1.82) is 0 Å². The van der Waals surface area contributed by atoms with Gasteiger partial charge in [-0.25, -0.2) is 0 Å². The fourth-order valence-corrected chi connectivity index (χ4v) is 2.81. The first kappa shape index (κ1) is 14.2. The van der Waals surface area contributed by atoms with Gasteiger partial charge in [0.15, 0.2) is 0 Å². The highest BCUT2D eigenvalue weighted by molar-refractivity contribution is 5.67. The number of ether oxygens (including phenoxy) is 1. The van der Waals surface area contributed by atoms with E-state index in [-0.39, 0.29) is 5.60 Å². The molecule has 1 aromatic carbocycles. The molecular weight excluding hydrogens is 236 g/mol. The quantitative estimate of drug-likeness (QED) is 0.826. The highest BCUT2D eigenvalue weighted by Crippen LogP contribution is 2.31. The highest BCUT2D eigenvalue weighted by Gasteiger charge is 2.32. The van der Waals surface area contributed by atoms with Crippen molar-refractivity contribution >= 4 is 11.4 Å².